The van der Waals surface area contributed by atoms with Crippen molar-refractivity contribution >= 4 is 10.8 Å². The van der Waals surface area contributed by atoms with Crippen LogP contribution in [0, 0.1) is 6.92 Å². The number of benzene rings is 1. The predicted octanol–water partition coefficient (Wildman–Crippen LogP) is -1.62. The van der Waals surface area contributed by atoms with Gasteiger partial charge in [0.1, 0.15) is 5.75 Å². The van der Waals surface area contributed by atoms with E-state index in [-0.39, 0.29) is 18.2 Å². The van der Waals surface area contributed by atoms with Crippen molar-refractivity contribution in [3.8, 4) is 5.75 Å². The van der Waals surface area contributed by atoms with Gasteiger partial charge in [-0.3, -0.25) is 5.21 Å². The van der Waals surface area contributed by atoms with Crippen molar-refractivity contribution in [2.24, 2.45) is 0 Å². The van der Waals surface area contributed by atoms with Crippen LogP contribution in [-0.2, 0) is 0 Å². The first-order chi connectivity index (χ1) is 6.18. The lowest BCUT2D eigenvalue weighted by Gasteiger charge is -2.00. The van der Waals surface area contributed by atoms with E-state index in [4.69, 9.17) is 0 Å². The van der Waals surface area contributed by atoms with Gasteiger partial charge in [0.25, 0.3) is 0 Å². The highest BCUT2D eigenvalue weighted by Gasteiger charge is 2.08. The number of nitrogens with zero attached hydrogens (tertiary/aromatic N) is 1. The van der Waals surface area contributed by atoms with E-state index in [1.54, 1.807) is 24.5 Å². The van der Waals surface area contributed by atoms with Crippen LogP contribution in [0.2, 0.25) is 0 Å². The van der Waals surface area contributed by atoms with Gasteiger partial charge in [0, 0.05) is 15.7 Å². The molecule has 0 spiro atoms. The van der Waals surface area contributed by atoms with Gasteiger partial charge in [0.05, 0.1) is 5.39 Å². The minimum atomic E-state index is 0. The van der Waals surface area contributed by atoms with Crippen molar-refractivity contribution in [1.29, 1.82) is 0 Å². The molecule has 3 nitrogen and oxygen atoms in total. The number of aromatic nitrogens is 1. The van der Waals surface area contributed by atoms with Gasteiger partial charge in [-0.1, -0.05) is 6.07 Å². The maximum atomic E-state index is 9.55. The molecule has 0 aliphatic carbocycles. The Bertz CT molecular complexity index is 471. The number of phenolic OH excluding ortho intramolecular Hbond substituents is 1. The van der Waals surface area contributed by atoms with Gasteiger partial charge >= 0.3 is 0 Å². The number of aromatic hydroxyl groups is 1. The zero-order valence-corrected chi connectivity index (χ0v) is 8.36. The number of aryl methyl sites for hydroxylation is 1. The van der Waals surface area contributed by atoms with E-state index in [1.165, 1.54) is 0 Å². The van der Waals surface area contributed by atoms with Gasteiger partial charge < -0.3 is 17.5 Å². The Kier molecular flexibility index (Phi) is 2.81. The van der Waals surface area contributed by atoms with Crippen LogP contribution in [0.3, 0.4) is 0 Å². The van der Waals surface area contributed by atoms with Gasteiger partial charge in [-0.05, 0) is 19.1 Å². The van der Waals surface area contributed by atoms with Crippen LogP contribution in [0.15, 0.2) is 30.6 Å². The maximum Gasteiger partial charge on any atom is 0.230 e. The summed E-state index contributed by atoms with van der Waals surface area (Å²) in [5, 5.41) is 20.4. The Hall–Kier alpha value is -1.48. The van der Waals surface area contributed by atoms with Crippen molar-refractivity contribution in [3.63, 3.8) is 0 Å². The van der Waals surface area contributed by atoms with E-state index in [2.05, 4.69) is 0 Å². The fraction of sp³-hybridized carbons (Fsp3) is 0.100. The summed E-state index contributed by atoms with van der Waals surface area (Å²) >= 11 is 0. The quantitative estimate of drug-likeness (QED) is 0.407. The average molecular weight is 212 g/mol. The lowest BCUT2D eigenvalue weighted by Crippen LogP contribution is -3.00. The molecule has 2 N–H and O–H groups in total. The second-order valence-electron chi connectivity index (χ2n) is 3.06. The van der Waals surface area contributed by atoms with Crippen LogP contribution < -0.4 is 17.1 Å². The van der Waals surface area contributed by atoms with Gasteiger partial charge in [-0.2, -0.15) is 0 Å². The molecule has 0 aliphatic heterocycles. The molecule has 1 heterocycles. The van der Waals surface area contributed by atoms with Crippen molar-refractivity contribution in [1.82, 2.24) is 0 Å². The normalized spacial score (nSPS) is 9.79. The van der Waals surface area contributed by atoms with Crippen molar-refractivity contribution < 1.29 is 27.5 Å². The van der Waals surface area contributed by atoms with Crippen LogP contribution in [0.5, 0.6) is 5.75 Å². The van der Waals surface area contributed by atoms with E-state index in [1.807, 2.05) is 13.0 Å². The number of rotatable bonds is 0. The molecule has 1 aromatic carbocycles. The number of halogens is 1. The lowest BCUT2D eigenvalue weighted by molar-refractivity contribution is -0.904. The largest absolute Gasteiger partial charge is 1.00 e. The topological polar surface area (TPSA) is 44.3 Å². The fourth-order valence-electron chi connectivity index (χ4n) is 1.54. The Balaban J connectivity index is 0.000000980. The number of pyridine rings is 1. The summed E-state index contributed by atoms with van der Waals surface area (Å²) in [7, 11) is 0. The minimum Gasteiger partial charge on any atom is -1.00 e. The van der Waals surface area contributed by atoms with Gasteiger partial charge in [-0.15, -0.1) is 0 Å². The van der Waals surface area contributed by atoms with Crippen molar-refractivity contribution in [3.05, 3.63) is 36.2 Å². The molecule has 0 aliphatic rings. The highest BCUT2D eigenvalue weighted by atomic mass is 35.5. The zero-order valence-electron chi connectivity index (χ0n) is 7.61. The van der Waals surface area contributed by atoms with Crippen molar-refractivity contribution in [2.75, 3.05) is 0 Å². The molecular weight excluding hydrogens is 202 g/mol. The highest BCUT2D eigenvalue weighted by Crippen LogP contribution is 2.25. The van der Waals surface area contributed by atoms with E-state index < -0.39 is 0 Å². The first kappa shape index (κ1) is 10.6. The molecule has 0 amide bonds. The Labute approximate surface area is 87.6 Å². The van der Waals surface area contributed by atoms with E-state index >= 15 is 0 Å². The van der Waals surface area contributed by atoms with E-state index in [0.717, 1.165) is 21.1 Å². The van der Waals surface area contributed by atoms with Gasteiger partial charge in [0.15, 0.2) is 0 Å². The average Bonchev–Trinajstić information content (AvgIpc) is 2.02. The van der Waals surface area contributed by atoms with Crippen LogP contribution >= 0.6 is 0 Å². The molecule has 2 aromatic rings. The maximum absolute atomic E-state index is 9.55. The third kappa shape index (κ3) is 1.59. The van der Waals surface area contributed by atoms with Crippen LogP contribution in [-0.4, -0.2) is 10.3 Å². The number of hydrogen-bond acceptors (Lipinski definition) is 2. The van der Waals surface area contributed by atoms with E-state index in [9.17, 15) is 10.3 Å². The number of fused-ring (bicyclic) bond motifs is 1. The smallest absolute Gasteiger partial charge is 0.230 e. The zero-order chi connectivity index (χ0) is 9.42. The molecule has 1 aromatic heterocycles. The Morgan fingerprint density at radius 2 is 1.93 bits per heavy atom. The fourth-order valence-corrected chi connectivity index (χ4v) is 1.54. The van der Waals surface area contributed by atoms with Crippen molar-refractivity contribution in [2.45, 2.75) is 6.92 Å². The first-order valence-electron chi connectivity index (χ1n) is 4.01. The van der Waals surface area contributed by atoms with Crippen LogP contribution in [0.1, 0.15) is 5.56 Å². The third-order valence-electron chi connectivity index (χ3n) is 2.07. The summed E-state index contributed by atoms with van der Waals surface area (Å²) in [6.07, 6.45) is 3.12. The molecule has 0 atom stereocenters. The molecule has 0 fully saturated rings. The number of hydrogen-bond donors (Lipinski definition) is 2. The second-order valence-corrected chi connectivity index (χ2v) is 3.06. The standard InChI is InChI=1S/C10H9NO2.ClH/c1-7-5-11(13)6-8-3-2-4-9(12)10(7)8;/h2-6H,1H3,(H-,12,13);1H. The molecule has 2 rings (SSSR count). The summed E-state index contributed by atoms with van der Waals surface area (Å²) in [4.78, 5) is 0. The third-order valence-corrected chi connectivity index (χ3v) is 2.07. The summed E-state index contributed by atoms with van der Waals surface area (Å²) in [6.45, 7) is 1.84. The molecule has 0 unspecified atom stereocenters. The lowest BCUT2D eigenvalue weighted by atomic mass is 10.1. The Morgan fingerprint density at radius 1 is 1.21 bits per heavy atom. The van der Waals surface area contributed by atoms with Crippen LogP contribution in [0.25, 0.3) is 10.8 Å². The summed E-state index contributed by atoms with van der Waals surface area (Å²) in [5.74, 6) is 0.246. The molecule has 0 saturated heterocycles. The van der Waals surface area contributed by atoms with Gasteiger partial charge in [-0.25, -0.2) is 0 Å². The van der Waals surface area contributed by atoms with Gasteiger partial charge in [0.2, 0.25) is 12.4 Å². The monoisotopic (exact) mass is 211 g/mol. The summed E-state index contributed by atoms with van der Waals surface area (Å²) in [5.41, 5.74) is 0.845. The van der Waals surface area contributed by atoms with E-state index in [0.29, 0.717) is 0 Å². The minimum absolute atomic E-state index is 0. The molecule has 14 heavy (non-hydrogen) atoms. The SMILES string of the molecule is Cc1c[n+](O)cc2cccc(O)c12.[Cl-]. The first-order valence-corrected chi connectivity index (χ1v) is 4.01. The second kappa shape index (κ2) is 3.72. The molecule has 74 valence electrons. The summed E-state index contributed by atoms with van der Waals surface area (Å²) < 4.78 is 0.997. The Morgan fingerprint density at radius 3 is 2.64 bits per heavy atom. The highest BCUT2D eigenvalue weighted by molar-refractivity contribution is 5.89. The predicted molar refractivity (Wildman–Crippen MR) is 47.7 cm³/mol. The molecule has 0 saturated carbocycles. The molecule has 4 heteroatoms. The molecular formula is C10H10ClNO2. The number of phenols is 1. The van der Waals surface area contributed by atoms with Crippen LogP contribution in [0.4, 0.5) is 0 Å². The summed E-state index contributed by atoms with van der Waals surface area (Å²) in [6, 6.07) is 5.23. The molecule has 0 radical (unpaired) electrons. The molecule has 0 bridgehead atoms.